The van der Waals surface area contributed by atoms with Crippen LogP contribution in [0, 0.1) is 0 Å². The summed E-state index contributed by atoms with van der Waals surface area (Å²) < 4.78 is 46.3. The average molecular weight is 566 g/mol. The highest BCUT2D eigenvalue weighted by Crippen LogP contribution is 2.43. The number of urea groups is 1. The van der Waals surface area contributed by atoms with Crippen LogP contribution in [-0.4, -0.2) is 58.5 Å². The number of amides is 2. The second-order valence-electron chi connectivity index (χ2n) is 10.4. The van der Waals surface area contributed by atoms with Crippen LogP contribution < -0.4 is 16.4 Å². The number of nitrogens with zero attached hydrogens (tertiary/aromatic N) is 4. The van der Waals surface area contributed by atoms with Gasteiger partial charge < -0.3 is 21.1 Å². The number of morpholine rings is 1. The Labute approximate surface area is 234 Å². The molecule has 2 aromatic carbocycles. The van der Waals surface area contributed by atoms with Gasteiger partial charge in [-0.2, -0.15) is 18.3 Å². The fraction of sp³-hybridized carbons (Fsp3) is 0.345. The fourth-order valence-corrected chi connectivity index (χ4v) is 5.05. The van der Waals surface area contributed by atoms with Crippen LogP contribution in [0.1, 0.15) is 30.0 Å². The van der Waals surface area contributed by atoms with Gasteiger partial charge in [-0.25, -0.2) is 14.5 Å². The van der Waals surface area contributed by atoms with Gasteiger partial charge in [0.2, 0.25) is 0 Å². The zero-order valence-corrected chi connectivity index (χ0v) is 22.2. The molecular weight excluding hydrogens is 535 g/mol. The Morgan fingerprint density at radius 1 is 1.00 bits per heavy atom. The monoisotopic (exact) mass is 565 g/mol. The molecule has 1 aliphatic heterocycles. The Morgan fingerprint density at radius 2 is 1.73 bits per heavy atom. The van der Waals surface area contributed by atoms with Crippen molar-refractivity contribution in [3.05, 3.63) is 65.9 Å². The summed E-state index contributed by atoms with van der Waals surface area (Å²) in [5, 5.41) is 10.5. The second kappa shape index (κ2) is 11.0. The van der Waals surface area contributed by atoms with Crippen LogP contribution >= 0.6 is 0 Å². The van der Waals surface area contributed by atoms with Crippen molar-refractivity contribution in [1.29, 1.82) is 0 Å². The standard InChI is InChI=1S/C29H30F3N7O2/c30-29(31,32)20-2-1-3-22(16-20)35-28(40)34-21-8-6-18(7-9-21)23-17-24(19-4-5-19)36-27-25(23)26(33)37-39(27)11-10-38-12-14-41-15-13-38/h1-3,6-9,16-17,19H,4-5,10-15H2,(H2,33,37)(H2,34,35,40). The third-order valence-electron chi connectivity index (χ3n) is 7.38. The molecule has 4 N–H and O–H groups in total. The smallest absolute Gasteiger partial charge is 0.382 e. The maximum absolute atomic E-state index is 13.0. The van der Waals surface area contributed by atoms with Crippen LogP contribution in [0.15, 0.2) is 54.6 Å². The van der Waals surface area contributed by atoms with Crippen molar-refractivity contribution in [3.8, 4) is 11.1 Å². The summed E-state index contributed by atoms with van der Waals surface area (Å²) >= 11 is 0. The first kappa shape index (κ1) is 27.0. The lowest BCUT2D eigenvalue weighted by Gasteiger charge is -2.26. The predicted molar refractivity (Wildman–Crippen MR) is 151 cm³/mol. The molecule has 9 nitrogen and oxygen atoms in total. The molecule has 0 bridgehead atoms. The maximum atomic E-state index is 13.0. The number of ether oxygens (including phenoxy) is 1. The minimum Gasteiger partial charge on any atom is -0.382 e. The van der Waals surface area contributed by atoms with Crippen molar-refractivity contribution in [2.45, 2.75) is 31.5 Å². The minimum atomic E-state index is -4.50. The van der Waals surface area contributed by atoms with Crippen molar-refractivity contribution in [2.24, 2.45) is 0 Å². The number of pyridine rings is 1. The van der Waals surface area contributed by atoms with Gasteiger partial charge >= 0.3 is 12.2 Å². The van der Waals surface area contributed by atoms with Crippen molar-refractivity contribution in [1.82, 2.24) is 19.7 Å². The molecule has 3 heterocycles. The van der Waals surface area contributed by atoms with E-state index in [-0.39, 0.29) is 5.69 Å². The highest BCUT2D eigenvalue weighted by molar-refractivity contribution is 6.02. The molecule has 214 valence electrons. The molecule has 12 heteroatoms. The molecule has 1 saturated heterocycles. The third-order valence-corrected chi connectivity index (χ3v) is 7.38. The van der Waals surface area contributed by atoms with E-state index in [4.69, 9.17) is 15.5 Å². The molecular formula is C29H30F3N7O2. The van der Waals surface area contributed by atoms with E-state index in [9.17, 15) is 18.0 Å². The number of nitrogens with two attached hydrogens (primary N) is 1. The Kier molecular flexibility index (Phi) is 7.26. The van der Waals surface area contributed by atoms with Gasteiger partial charge in [-0.05, 0) is 60.4 Å². The number of hydrogen-bond acceptors (Lipinski definition) is 6. The molecule has 4 aromatic rings. The van der Waals surface area contributed by atoms with E-state index in [0.29, 0.717) is 24.0 Å². The number of rotatable bonds is 7. The highest BCUT2D eigenvalue weighted by Gasteiger charge is 2.31. The van der Waals surface area contributed by atoms with Crippen LogP contribution in [0.2, 0.25) is 0 Å². The lowest BCUT2D eigenvalue weighted by Crippen LogP contribution is -2.38. The second-order valence-corrected chi connectivity index (χ2v) is 10.4. The van der Waals surface area contributed by atoms with E-state index in [1.165, 1.54) is 12.1 Å². The maximum Gasteiger partial charge on any atom is 0.416 e. The highest BCUT2D eigenvalue weighted by atomic mass is 19.4. The van der Waals surface area contributed by atoms with Gasteiger partial charge in [-0.15, -0.1) is 0 Å². The van der Waals surface area contributed by atoms with Crippen molar-refractivity contribution in [3.63, 3.8) is 0 Å². The van der Waals surface area contributed by atoms with E-state index in [0.717, 1.165) is 85.7 Å². The largest absolute Gasteiger partial charge is 0.416 e. The molecule has 2 aliphatic rings. The zero-order chi connectivity index (χ0) is 28.6. The first-order valence-corrected chi connectivity index (χ1v) is 13.6. The molecule has 1 saturated carbocycles. The van der Waals surface area contributed by atoms with E-state index in [1.54, 1.807) is 12.1 Å². The van der Waals surface area contributed by atoms with Crippen molar-refractivity contribution < 1.29 is 22.7 Å². The summed E-state index contributed by atoms with van der Waals surface area (Å²) in [6.07, 6.45) is -2.30. The molecule has 0 spiro atoms. The molecule has 0 unspecified atom stereocenters. The minimum absolute atomic E-state index is 0.0434. The van der Waals surface area contributed by atoms with Crippen molar-refractivity contribution in [2.75, 3.05) is 49.2 Å². The normalized spacial score (nSPS) is 16.2. The van der Waals surface area contributed by atoms with Gasteiger partial charge in [0, 0.05) is 42.6 Å². The van der Waals surface area contributed by atoms with Gasteiger partial charge in [-0.3, -0.25) is 4.90 Å². The lowest BCUT2D eigenvalue weighted by molar-refractivity contribution is -0.137. The Morgan fingerprint density at radius 3 is 2.44 bits per heavy atom. The van der Waals surface area contributed by atoms with Gasteiger partial charge in [0.15, 0.2) is 11.5 Å². The SMILES string of the molecule is Nc1nn(CCN2CCOCC2)c2nc(C3CC3)cc(-c3ccc(NC(=O)Nc4cccc(C(F)(F)F)c4)cc3)c12. The van der Waals surface area contributed by atoms with Crippen LogP contribution in [0.3, 0.4) is 0 Å². The van der Waals surface area contributed by atoms with Gasteiger partial charge in [0.1, 0.15) is 0 Å². The summed E-state index contributed by atoms with van der Waals surface area (Å²) in [4.78, 5) is 19.8. The summed E-state index contributed by atoms with van der Waals surface area (Å²) in [7, 11) is 0. The first-order chi connectivity index (χ1) is 19.7. The molecule has 0 radical (unpaired) electrons. The number of nitrogens with one attached hydrogen (secondary N) is 2. The average Bonchev–Trinajstić information content (AvgIpc) is 3.76. The summed E-state index contributed by atoms with van der Waals surface area (Å²) in [6.45, 7) is 4.73. The van der Waals surface area contributed by atoms with Crippen molar-refractivity contribution >= 4 is 34.3 Å². The Bertz CT molecular complexity index is 1560. The number of carbonyl (C=O) groups is 1. The summed E-state index contributed by atoms with van der Waals surface area (Å²) in [5.41, 5.74) is 9.72. The number of halogens is 3. The van der Waals surface area contributed by atoms with Crippen LogP contribution in [0.5, 0.6) is 0 Å². The molecule has 41 heavy (non-hydrogen) atoms. The molecule has 6 rings (SSSR count). The van der Waals surface area contributed by atoms with Crippen LogP contribution in [-0.2, 0) is 17.5 Å². The van der Waals surface area contributed by atoms with Crippen LogP contribution in [0.25, 0.3) is 22.2 Å². The van der Waals surface area contributed by atoms with Gasteiger partial charge in [-0.1, -0.05) is 18.2 Å². The number of carbonyl (C=O) groups excluding carboxylic acids is 1. The number of fused-ring (bicyclic) bond motifs is 1. The number of anilines is 3. The number of hydrogen-bond donors (Lipinski definition) is 3. The molecule has 2 amide bonds. The predicted octanol–water partition coefficient (Wildman–Crippen LogP) is 5.55. The molecule has 2 fully saturated rings. The van der Waals surface area contributed by atoms with Crippen LogP contribution in [0.4, 0.5) is 35.2 Å². The van der Waals surface area contributed by atoms with E-state index in [2.05, 4.69) is 26.7 Å². The van der Waals surface area contributed by atoms with E-state index in [1.807, 2.05) is 16.8 Å². The Hall–Kier alpha value is -4.16. The lowest BCUT2D eigenvalue weighted by atomic mass is 10.0. The Balaban J connectivity index is 1.21. The summed E-state index contributed by atoms with van der Waals surface area (Å²) in [6, 6.07) is 13.1. The van der Waals surface area contributed by atoms with Gasteiger partial charge in [0.25, 0.3) is 0 Å². The number of nitrogen functional groups attached to an aromatic ring is 1. The third kappa shape index (κ3) is 6.13. The fourth-order valence-electron chi connectivity index (χ4n) is 5.05. The first-order valence-electron chi connectivity index (χ1n) is 13.6. The molecule has 0 atom stereocenters. The zero-order valence-electron chi connectivity index (χ0n) is 22.2. The van der Waals surface area contributed by atoms with E-state index < -0.39 is 17.8 Å². The van der Waals surface area contributed by atoms with E-state index >= 15 is 0 Å². The summed E-state index contributed by atoms with van der Waals surface area (Å²) in [5.74, 6) is 0.831. The molecule has 2 aromatic heterocycles. The van der Waals surface area contributed by atoms with Gasteiger partial charge in [0.05, 0.1) is 30.7 Å². The number of benzene rings is 2. The topological polar surface area (TPSA) is 110 Å². The molecule has 1 aliphatic carbocycles. The quantitative estimate of drug-likeness (QED) is 0.271. The number of alkyl halides is 3. The number of aromatic nitrogens is 3.